The average Bonchev–Trinajstić information content (AvgIpc) is 3.36. The molecule has 1 atom stereocenters. The predicted molar refractivity (Wildman–Crippen MR) is 101 cm³/mol. The van der Waals surface area contributed by atoms with Gasteiger partial charge in [-0.2, -0.15) is 15.3 Å². The van der Waals surface area contributed by atoms with Gasteiger partial charge in [-0.15, -0.1) is 0 Å². The molecule has 9 heteroatoms. The number of aromatic nitrogens is 6. The predicted octanol–water partition coefficient (Wildman–Crippen LogP) is 2.34. The highest BCUT2D eigenvalue weighted by molar-refractivity contribution is 5.98. The zero-order valence-electron chi connectivity index (χ0n) is 15.1. The van der Waals surface area contributed by atoms with Crippen LogP contribution in [0.15, 0.2) is 42.9 Å². The molecule has 1 aliphatic rings. The van der Waals surface area contributed by atoms with Crippen LogP contribution in [0.1, 0.15) is 28.6 Å². The summed E-state index contributed by atoms with van der Waals surface area (Å²) >= 11 is 0. The number of ether oxygens (including phenoxy) is 1. The second kappa shape index (κ2) is 6.45. The number of nitrogens with zero attached hydrogens (tertiary/aromatic N) is 5. The maximum atomic E-state index is 13.0. The first-order valence-electron chi connectivity index (χ1n) is 8.89. The molecule has 140 valence electrons. The van der Waals surface area contributed by atoms with Gasteiger partial charge in [0.1, 0.15) is 17.1 Å². The quantitative estimate of drug-likeness (QED) is 0.566. The largest absolute Gasteiger partial charge is 0.495 e. The number of hydrogen-bond donors (Lipinski definition) is 2. The van der Waals surface area contributed by atoms with Crippen molar-refractivity contribution in [1.82, 2.24) is 35.3 Å². The lowest BCUT2D eigenvalue weighted by atomic mass is 9.98. The highest BCUT2D eigenvalue weighted by Crippen LogP contribution is 2.34. The molecule has 1 saturated heterocycles. The van der Waals surface area contributed by atoms with Crippen LogP contribution in [0.5, 0.6) is 5.75 Å². The monoisotopic (exact) mass is 375 g/mol. The van der Waals surface area contributed by atoms with Crippen LogP contribution in [0.2, 0.25) is 0 Å². The highest BCUT2D eigenvalue weighted by Gasteiger charge is 2.36. The van der Waals surface area contributed by atoms with E-state index in [9.17, 15) is 4.79 Å². The van der Waals surface area contributed by atoms with Gasteiger partial charge in [0.25, 0.3) is 5.91 Å². The minimum Gasteiger partial charge on any atom is -0.495 e. The van der Waals surface area contributed by atoms with Crippen LogP contribution in [0, 0.1) is 0 Å². The summed E-state index contributed by atoms with van der Waals surface area (Å²) in [5.41, 5.74) is 3.59. The molecule has 1 fully saturated rings. The van der Waals surface area contributed by atoms with Crippen LogP contribution in [0.25, 0.3) is 22.3 Å². The van der Waals surface area contributed by atoms with Gasteiger partial charge in [0, 0.05) is 29.8 Å². The zero-order valence-corrected chi connectivity index (χ0v) is 15.1. The van der Waals surface area contributed by atoms with Gasteiger partial charge in [-0.1, -0.05) is 0 Å². The van der Waals surface area contributed by atoms with Crippen molar-refractivity contribution >= 4 is 16.9 Å². The molecular formula is C19H17N7O2. The van der Waals surface area contributed by atoms with Crippen molar-refractivity contribution in [3.05, 3.63) is 54.2 Å². The molecule has 5 rings (SSSR count). The van der Waals surface area contributed by atoms with Gasteiger partial charge < -0.3 is 14.6 Å². The third-order valence-electron chi connectivity index (χ3n) is 5.01. The molecule has 4 aromatic rings. The first kappa shape index (κ1) is 16.4. The molecule has 0 aliphatic carbocycles. The smallest absolute Gasteiger partial charge is 0.270 e. The van der Waals surface area contributed by atoms with E-state index >= 15 is 0 Å². The number of carbonyl (C=O) groups is 1. The summed E-state index contributed by atoms with van der Waals surface area (Å²) in [6.07, 6.45) is 5.89. The number of H-pyrrole nitrogens is 2. The number of fused-ring (bicyclic) bond motifs is 1. The second-order valence-electron chi connectivity index (χ2n) is 6.63. The van der Waals surface area contributed by atoms with Crippen LogP contribution in [-0.2, 0) is 0 Å². The van der Waals surface area contributed by atoms with E-state index in [4.69, 9.17) is 4.74 Å². The standard InChI is InChI=1S/C19H17N7O2/c1-28-13-7-15(25-22-10-13)17-4-5-26(17)19(27)16-6-11-2-3-14(23-18(11)24-16)12-8-20-21-9-12/h2-3,6-10,17H,4-5H2,1H3,(H,20,21)(H,23,24)/t17-/m1/s1. The van der Waals surface area contributed by atoms with E-state index in [2.05, 4.69) is 30.4 Å². The van der Waals surface area contributed by atoms with Crippen LogP contribution >= 0.6 is 0 Å². The van der Waals surface area contributed by atoms with Crippen LogP contribution in [0.3, 0.4) is 0 Å². The molecule has 0 radical (unpaired) electrons. The summed E-state index contributed by atoms with van der Waals surface area (Å²) in [6, 6.07) is 7.40. The van der Waals surface area contributed by atoms with Gasteiger partial charge in [0.05, 0.1) is 36.9 Å². The molecular weight excluding hydrogens is 358 g/mol. The first-order chi connectivity index (χ1) is 13.7. The molecule has 28 heavy (non-hydrogen) atoms. The molecule has 0 aromatic carbocycles. The maximum Gasteiger partial charge on any atom is 0.270 e. The number of likely N-dealkylation sites (tertiary alicyclic amines) is 1. The van der Waals surface area contributed by atoms with Gasteiger partial charge in [-0.05, 0) is 24.6 Å². The summed E-state index contributed by atoms with van der Waals surface area (Å²) in [5, 5.41) is 15.7. The van der Waals surface area contributed by atoms with Crippen molar-refractivity contribution in [2.45, 2.75) is 12.5 Å². The Bertz CT molecular complexity index is 1150. The average molecular weight is 375 g/mol. The van der Waals surface area contributed by atoms with Gasteiger partial charge in [-0.25, -0.2) is 4.98 Å². The minimum absolute atomic E-state index is 0.0799. The highest BCUT2D eigenvalue weighted by atomic mass is 16.5. The van der Waals surface area contributed by atoms with E-state index in [0.29, 0.717) is 23.6 Å². The van der Waals surface area contributed by atoms with Crippen LogP contribution < -0.4 is 4.74 Å². The fraction of sp³-hybridized carbons (Fsp3) is 0.211. The Kier molecular flexibility index (Phi) is 3.78. The van der Waals surface area contributed by atoms with Crippen LogP contribution in [-0.4, -0.2) is 54.8 Å². The van der Waals surface area contributed by atoms with E-state index in [-0.39, 0.29) is 11.9 Å². The molecule has 5 heterocycles. The van der Waals surface area contributed by atoms with E-state index in [1.165, 1.54) is 0 Å². The van der Waals surface area contributed by atoms with Crippen molar-refractivity contribution in [3.63, 3.8) is 0 Å². The number of rotatable bonds is 4. The van der Waals surface area contributed by atoms with Gasteiger partial charge >= 0.3 is 0 Å². The molecule has 0 saturated carbocycles. The summed E-state index contributed by atoms with van der Waals surface area (Å²) in [6.45, 7) is 0.672. The minimum atomic E-state index is -0.101. The Morgan fingerprint density at radius 2 is 2.21 bits per heavy atom. The molecule has 2 N–H and O–H groups in total. The summed E-state index contributed by atoms with van der Waals surface area (Å²) < 4.78 is 5.21. The first-order valence-corrected chi connectivity index (χ1v) is 8.89. The lowest BCUT2D eigenvalue weighted by Gasteiger charge is -2.40. The molecule has 9 nitrogen and oxygen atoms in total. The van der Waals surface area contributed by atoms with E-state index in [0.717, 1.165) is 28.8 Å². The number of amides is 1. The van der Waals surface area contributed by atoms with E-state index < -0.39 is 0 Å². The van der Waals surface area contributed by atoms with Gasteiger partial charge in [0.2, 0.25) is 0 Å². The molecule has 0 unspecified atom stereocenters. The lowest BCUT2D eigenvalue weighted by molar-refractivity contribution is 0.0443. The number of methoxy groups -OCH3 is 1. The second-order valence-corrected chi connectivity index (χ2v) is 6.63. The van der Waals surface area contributed by atoms with E-state index in [1.54, 1.807) is 30.6 Å². The Balaban J connectivity index is 1.42. The van der Waals surface area contributed by atoms with Crippen molar-refractivity contribution in [2.75, 3.05) is 13.7 Å². The SMILES string of the molecule is COc1cnnc([C@H]2CCN2C(=O)c2cc3ccc(-c4cn[nH]c4)nc3[nH]2)c1. The third-order valence-corrected chi connectivity index (χ3v) is 5.01. The Labute approximate surface area is 159 Å². The summed E-state index contributed by atoms with van der Waals surface area (Å²) in [7, 11) is 1.58. The van der Waals surface area contributed by atoms with Crippen molar-refractivity contribution < 1.29 is 9.53 Å². The number of carbonyl (C=O) groups excluding carboxylic acids is 1. The molecule has 1 aliphatic heterocycles. The fourth-order valence-electron chi connectivity index (χ4n) is 3.40. The molecule has 1 amide bonds. The van der Waals surface area contributed by atoms with Gasteiger partial charge in [0.15, 0.2) is 0 Å². The van der Waals surface area contributed by atoms with Gasteiger partial charge in [-0.3, -0.25) is 9.89 Å². The number of hydrogen-bond acceptors (Lipinski definition) is 6. The maximum absolute atomic E-state index is 13.0. The van der Waals surface area contributed by atoms with Crippen molar-refractivity contribution in [1.29, 1.82) is 0 Å². The Morgan fingerprint density at radius 3 is 2.96 bits per heavy atom. The number of pyridine rings is 1. The van der Waals surface area contributed by atoms with Crippen LogP contribution in [0.4, 0.5) is 0 Å². The molecule has 4 aromatic heterocycles. The van der Waals surface area contributed by atoms with E-state index in [1.807, 2.05) is 24.3 Å². The zero-order chi connectivity index (χ0) is 19.1. The summed E-state index contributed by atoms with van der Waals surface area (Å²) in [5.74, 6) is 0.551. The summed E-state index contributed by atoms with van der Waals surface area (Å²) in [4.78, 5) is 22.6. The Hall–Kier alpha value is -3.75. The number of nitrogens with one attached hydrogen (secondary N) is 2. The topological polar surface area (TPSA) is 113 Å². The normalized spacial score (nSPS) is 16.2. The Morgan fingerprint density at radius 1 is 1.29 bits per heavy atom. The van der Waals surface area contributed by atoms with Crippen molar-refractivity contribution in [2.24, 2.45) is 0 Å². The fourth-order valence-corrected chi connectivity index (χ4v) is 3.40. The molecule has 0 spiro atoms. The number of aromatic amines is 2. The third kappa shape index (κ3) is 2.68. The lowest BCUT2D eigenvalue weighted by Crippen LogP contribution is -2.45. The molecule has 0 bridgehead atoms. The van der Waals surface area contributed by atoms with Crippen molar-refractivity contribution in [3.8, 4) is 17.0 Å².